The second-order valence-corrected chi connectivity index (χ2v) is 11.7. The Morgan fingerprint density at radius 1 is 1.20 bits per heavy atom. The average Bonchev–Trinajstić information content (AvgIpc) is 3.77. The van der Waals surface area contributed by atoms with Gasteiger partial charge in [-0.2, -0.15) is 0 Å². The highest BCUT2D eigenvalue weighted by atomic mass is 16.3. The number of imidazole rings is 1. The monoisotopic (exact) mass is 561 g/mol. The maximum absolute atomic E-state index is 14.1. The summed E-state index contributed by atoms with van der Waals surface area (Å²) in [5, 5.41) is 18.6. The lowest BCUT2D eigenvalue weighted by Gasteiger charge is -2.34. The van der Waals surface area contributed by atoms with E-state index in [2.05, 4.69) is 25.6 Å². The van der Waals surface area contributed by atoms with E-state index in [0.29, 0.717) is 43.4 Å². The molecule has 2 aliphatic heterocycles. The largest absolute Gasteiger partial charge is 0.389 e. The molecular formula is C30H39N7O4. The summed E-state index contributed by atoms with van der Waals surface area (Å²) in [4.78, 5) is 54.0. The van der Waals surface area contributed by atoms with Gasteiger partial charge in [-0.15, -0.1) is 0 Å². The number of urea groups is 1. The number of carbonyl (C=O) groups excluding carboxylic acids is 3. The Morgan fingerprint density at radius 2 is 2.00 bits per heavy atom. The molecule has 41 heavy (non-hydrogen) atoms. The lowest BCUT2D eigenvalue weighted by molar-refractivity contribution is -0.127. The van der Waals surface area contributed by atoms with E-state index in [4.69, 9.17) is 0 Å². The van der Waals surface area contributed by atoms with Gasteiger partial charge in [-0.05, 0) is 25.3 Å². The molecule has 4 heterocycles. The first kappa shape index (κ1) is 27.3. The van der Waals surface area contributed by atoms with Gasteiger partial charge >= 0.3 is 6.03 Å². The Hall–Kier alpha value is -3.86. The van der Waals surface area contributed by atoms with Crippen LogP contribution in [0, 0.1) is 5.92 Å². The first-order chi connectivity index (χ1) is 19.9. The van der Waals surface area contributed by atoms with E-state index in [9.17, 15) is 19.5 Å². The quantitative estimate of drug-likeness (QED) is 0.258. The van der Waals surface area contributed by atoms with Crippen molar-refractivity contribution in [3.63, 3.8) is 0 Å². The molecule has 1 saturated carbocycles. The fraction of sp³-hybridized carbons (Fsp3) is 0.533. The Kier molecular flexibility index (Phi) is 7.70. The van der Waals surface area contributed by atoms with Crippen molar-refractivity contribution in [2.24, 2.45) is 5.92 Å². The molecule has 5 N–H and O–H groups in total. The molecule has 1 saturated heterocycles. The van der Waals surface area contributed by atoms with Crippen LogP contribution in [0.5, 0.6) is 0 Å². The van der Waals surface area contributed by atoms with Crippen molar-refractivity contribution in [1.29, 1.82) is 0 Å². The fourth-order valence-electron chi connectivity index (χ4n) is 6.84. The van der Waals surface area contributed by atoms with Crippen LogP contribution < -0.4 is 10.6 Å². The van der Waals surface area contributed by atoms with Crippen LogP contribution in [0.1, 0.15) is 67.2 Å². The Balaban J connectivity index is 1.26. The minimum Gasteiger partial charge on any atom is -0.389 e. The van der Waals surface area contributed by atoms with Crippen molar-refractivity contribution in [2.45, 2.75) is 82.6 Å². The highest BCUT2D eigenvalue weighted by molar-refractivity contribution is 6.05. The second-order valence-electron chi connectivity index (χ2n) is 11.7. The number of aliphatic hydroxyl groups is 1. The van der Waals surface area contributed by atoms with Gasteiger partial charge in [-0.1, -0.05) is 50.3 Å². The lowest BCUT2D eigenvalue weighted by Crippen LogP contribution is -2.57. The van der Waals surface area contributed by atoms with Gasteiger partial charge in [0.2, 0.25) is 5.91 Å². The Labute approximate surface area is 239 Å². The first-order valence-electron chi connectivity index (χ1n) is 14.8. The topological polar surface area (TPSA) is 146 Å². The van der Waals surface area contributed by atoms with Crippen molar-refractivity contribution in [2.75, 3.05) is 13.1 Å². The van der Waals surface area contributed by atoms with E-state index in [0.717, 1.165) is 42.1 Å². The second kappa shape index (κ2) is 11.6. The number of fused-ring (bicyclic) bond motifs is 3. The van der Waals surface area contributed by atoms with Crippen LogP contribution in [0.2, 0.25) is 0 Å². The van der Waals surface area contributed by atoms with Gasteiger partial charge in [-0.25, -0.2) is 9.78 Å². The van der Waals surface area contributed by atoms with E-state index in [1.54, 1.807) is 22.3 Å². The molecule has 0 radical (unpaired) electrons. The van der Waals surface area contributed by atoms with Crippen LogP contribution in [0.15, 0.2) is 36.8 Å². The predicted octanol–water partition coefficient (Wildman–Crippen LogP) is 2.69. The summed E-state index contributed by atoms with van der Waals surface area (Å²) in [6.07, 6.45) is 8.79. The van der Waals surface area contributed by atoms with Gasteiger partial charge in [0.15, 0.2) is 0 Å². The van der Waals surface area contributed by atoms with Crippen LogP contribution in [0.3, 0.4) is 0 Å². The molecule has 3 aromatic rings. The summed E-state index contributed by atoms with van der Waals surface area (Å²) >= 11 is 0. The van der Waals surface area contributed by atoms with Gasteiger partial charge in [0.05, 0.1) is 30.2 Å². The number of benzene rings is 1. The number of nitrogens with zero attached hydrogens (tertiary/aromatic N) is 3. The van der Waals surface area contributed by atoms with Gasteiger partial charge in [0, 0.05) is 48.7 Å². The number of likely N-dealkylation sites (N-methyl/N-ethyl adjacent to an activating group) is 1. The molecule has 1 aromatic carbocycles. The van der Waals surface area contributed by atoms with Crippen LogP contribution in [-0.2, 0) is 17.8 Å². The molecule has 4 unspecified atom stereocenters. The fourth-order valence-corrected chi connectivity index (χ4v) is 6.84. The highest BCUT2D eigenvalue weighted by Crippen LogP contribution is 2.33. The highest BCUT2D eigenvalue weighted by Gasteiger charge is 2.42. The summed E-state index contributed by atoms with van der Waals surface area (Å²) < 4.78 is 0. The number of H-pyrrole nitrogens is 2. The maximum Gasteiger partial charge on any atom is 0.317 e. The third-order valence-corrected chi connectivity index (χ3v) is 9.11. The number of aromatic amines is 2. The van der Waals surface area contributed by atoms with Gasteiger partial charge < -0.3 is 35.5 Å². The molecule has 0 bridgehead atoms. The number of carbonyl (C=O) groups is 3. The zero-order valence-electron chi connectivity index (χ0n) is 23.4. The number of aromatic nitrogens is 3. The molecule has 0 spiro atoms. The van der Waals surface area contributed by atoms with Crippen LogP contribution in [0.25, 0.3) is 10.9 Å². The molecule has 4 amide bonds. The molecular weight excluding hydrogens is 522 g/mol. The number of aliphatic hydroxyl groups excluding tert-OH is 1. The van der Waals surface area contributed by atoms with Crippen molar-refractivity contribution >= 4 is 28.7 Å². The molecule has 2 aromatic heterocycles. The molecule has 2 fully saturated rings. The predicted molar refractivity (Wildman–Crippen MR) is 153 cm³/mol. The number of rotatable bonds is 10. The van der Waals surface area contributed by atoms with Crippen molar-refractivity contribution in [3.8, 4) is 0 Å². The van der Waals surface area contributed by atoms with Crippen molar-refractivity contribution in [1.82, 2.24) is 35.4 Å². The summed E-state index contributed by atoms with van der Waals surface area (Å²) in [5.41, 5.74) is 2.97. The standard InChI is InChI=1S/C30H39N7O4/c1-2-36-16-24(35-30(36)41)27(38)23(12-18-8-4-3-5-9-18)34-28(39)25(13-19-14-31-17-32-19)37-15-21-20-10-6-7-11-22(20)33-26(21)29(37)40/h6-7,10-11,14,17-18,23-25,27,33,38H,2-5,8-9,12-13,15-16H2,1H3,(H,31,32)(H,34,39)(H,35,41). The third-order valence-electron chi connectivity index (χ3n) is 9.11. The first-order valence-corrected chi connectivity index (χ1v) is 14.8. The van der Waals surface area contributed by atoms with Crippen LogP contribution in [-0.4, -0.2) is 85.0 Å². The van der Waals surface area contributed by atoms with E-state index < -0.39 is 24.2 Å². The molecule has 1 aliphatic carbocycles. The summed E-state index contributed by atoms with van der Waals surface area (Å²) in [7, 11) is 0. The number of hydrogen-bond acceptors (Lipinski definition) is 5. The van der Waals surface area contributed by atoms with E-state index in [1.165, 1.54) is 6.42 Å². The minimum atomic E-state index is -0.960. The van der Waals surface area contributed by atoms with Crippen molar-refractivity contribution in [3.05, 3.63) is 53.7 Å². The summed E-state index contributed by atoms with van der Waals surface area (Å²) in [6, 6.07) is 5.72. The van der Waals surface area contributed by atoms with E-state index >= 15 is 0 Å². The molecule has 4 atom stereocenters. The lowest BCUT2D eigenvalue weighted by atomic mass is 9.82. The smallest absolute Gasteiger partial charge is 0.317 e. The number of nitrogens with one attached hydrogen (secondary N) is 4. The van der Waals surface area contributed by atoms with E-state index in [1.807, 2.05) is 31.2 Å². The van der Waals surface area contributed by atoms with E-state index in [-0.39, 0.29) is 24.3 Å². The molecule has 3 aliphatic rings. The van der Waals surface area contributed by atoms with Crippen LogP contribution in [0.4, 0.5) is 4.79 Å². The zero-order chi connectivity index (χ0) is 28.5. The SMILES string of the molecule is CCN1CC(C(O)C(CC2CCCCC2)NC(=O)C(Cc2c[nH]cn2)N2Cc3c([nH]c4ccccc34)C2=O)NC1=O. The van der Waals surface area contributed by atoms with Gasteiger partial charge in [0.1, 0.15) is 11.7 Å². The Morgan fingerprint density at radius 3 is 2.73 bits per heavy atom. The number of para-hydroxylation sites is 1. The van der Waals surface area contributed by atoms with Gasteiger partial charge in [0.25, 0.3) is 5.91 Å². The molecule has 11 nitrogen and oxygen atoms in total. The minimum absolute atomic E-state index is 0.202. The summed E-state index contributed by atoms with van der Waals surface area (Å²) in [5.74, 6) is -0.169. The molecule has 6 rings (SSSR count). The van der Waals surface area contributed by atoms with Gasteiger partial charge in [-0.3, -0.25) is 9.59 Å². The molecule has 11 heteroatoms. The maximum atomic E-state index is 14.1. The average molecular weight is 562 g/mol. The third kappa shape index (κ3) is 5.42. The number of amides is 4. The summed E-state index contributed by atoms with van der Waals surface area (Å²) in [6.45, 7) is 3.14. The van der Waals surface area contributed by atoms with Crippen LogP contribution >= 0.6 is 0 Å². The van der Waals surface area contributed by atoms with Crippen molar-refractivity contribution < 1.29 is 19.5 Å². The zero-order valence-corrected chi connectivity index (χ0v) is 23.4. The Bertz CT molecular complexity index is 1400. The normalized spacial score (nSPS) is 21.7. The molecule has 218 valence electrons. The number of hydrogen-bond donors (Lipinski definition) is 5.